The van der Waals surface area contributed by atoms with Crippen molar-refractivity contribution >= 4 is 12.7 Å². The van der Waals surface area contributed by atoms with E-state index in [1.54, 1.807) is 13.2 Å². The van der Waals surface area contributed by atoms with Crippen molar-refractivity contribution in [1.29, 1.82) is 0 Å². The van der Waals surface area contributed by atoms with Gasteiger partial charge in [0.2, 0.25) is 0 Å². The molecule has 0 bridgehead atoms. The number of nitrogens with one attached hydrogen (secondary N) is 1. The Morgan fingerprint density at radius 2 is 1.93 bits per heavy atom. The lowest BCUT2D eigenvalue weighted by Gasteiger charge is -2.10. The van der Waals surface area contributed by atoms with Crippen molar-refractivity contribution < 1.29 is 9.47 Å². The second-order valence-corrected chi connectivity index (χ2v) is 6.24. The third kappa shape index (κ3) is 4.14. The summed E-state index contributed by atoms with van der Waals surface area (Å²) < 4.78 is 12.7. The van der Waals surface area contributed by atoms with Crippen LogP contribution in [0.2, 0.25) is 0 Å². The summed E-state index contributed by atoms with van der Waals surface area (Å²) in [6, 6.07) is 15.0. The first-order valence-corrected chi connectivity index (χ1v) is 9.02. The van der Waals surface area contributed by atoms with Crippen LogP contribution in [0.4, 0.5) is 0 Å². The summed E-state index contributed by atoms with van der Waals surface area (Å²) in [4.78, 5) is 12.8. The standard InChI is InChI=1S/C22H24N2O3/c1-4-5-13-27-20-12-11-17(15-21(20)26-3)14-19-16(2)23-24(22(19)25)18-9-7-6-8-10-18/h6-12,14-15,23H,2,4-5,13H2,1,3H3. The molecule has 3 rings (SSSR count). The Morgan fingerprint density at radius 3 is 2.63 bits per heavy atom. The van der Waals surface area contributed by atoms with Crippen molar-refractivity contribution in [2.24, 2.45) is 0 Å². The minimum Gasteiger partial charge on any atom is -0.493 e. The number of aromatic amines is 1. The van der Waals surface area contributed by atoms with Crippen molar-refractivity contribution in [2.45, 2.75) is 19.8 Å². The Labute approximate surface area is 158 Å². The summed E-state index contributed by atoms with van der Waals surface area (Å²) in [6.45, 7) is 6.74. The van der Waals surface area contributed by atoms with Gasteiger partial charge >= 0.3 is 0 Å². The summed E-state index contributed by atoms with van der Waals surface area (Å²) in [5, 5.41) is 4.11. The van der Waals surface area contributed by atoms with Gasteiger partial charge in [0.15, 0.2) is 11.5 Å². The summed E-state index contributed by atoms with van der Waals surface area (Å²) in [6.07, 6.45) is 3.87. The van der Waals surface area contributed by atoms with Crippen LogP contribution in [0.1, 0.15) is 25.3 Å². The van der Waals surface area contributed by atoms with Crippen LogP contribution in [0.25, 0.3) is 18.3 Å². The van der Waals surface area contributed by atoms with Crippen LogP contribution in [0.5, 0.6) is 11.5 Å². The third-order valence-corrected chi connectivity index (χ3v) is 4.27. The van der Waals surface area contributed by atoms with Crippen LogP contribution in [0.15, 0.2) is 53.3 Å². The van der Waals surface area contributed by atoms with Gasteiger partial charge in [0.25, 0.3) is 5.56 Å². The molecule has 1 heterocycles. The molecule has 2 aromatic carbocycles. The fraction of sp³-hybridized carbons (Fsp3) is 0.227. The summed E-state index contributed by atoms with van der Waals surface area (Å²) in [5.41, 5.74) is 1.47. The second-order valence-electron chi connectivity index (χ2n) is 6.24. The zero-order chi connectivity index (χ0) is 19.2. The van der Waals surface area contributed by atoms with Crippen LogP contribution in [0, 0.1) is 0 Å². The molecule has 0 aliphatic heterocycles. The fourth-order valence-electron chi connectivity index (χ4n) is 2.79. The maximum Gasteiger partial charge on any atom is 0.279 e. The van der Waals surface area contributed by atoms with E-state index in [0.29, 0.717) is 28.7 Å². The highest BCUT2D eigenvalue weighted by Crippen LogP contribution is 2.28. The number of unbranched alkanes of at least 4 members (excludes halogenated alkanes) is 1. The first-order valence-electron chi connectivity index (χ1n) is 9.02. The van der Waals surface area contributed by atoms with Gasteiger partial charge in [-0.1, -0.05) is 44.2 Å². The number of nitrogens with zero attached hydrogens (tertiary/aromatic N) is 1. The lowest BCUT2D eigenvalue weighted by molar-refractivity contribution is 0.288. The number of aromatic nitrogens is 2. The Morgan fingerprint density at radius 1 is 1.15 bits per heavy atom. The van der Waals surface area contributed by atoms with Crippen molar-refractivity contribution in [3.63, 3.8) is 0 Å². The lowest BCUT2D eigenvalue weighted by atomic mass is 10.1. The van der Waals surface area contributed by atoms with Gasteiger partial charge < -0.3 is 9.47 Å². The summed E-state index contributed by atoms with van der Waals surface area (Å²) in [5.74, 6) is 1.35. The molecule has 1 aromatic heterocycles. The second kappa shape index (κ2) is 8.45. The van der Waals surface area contributed by atoms with E-state index in [9.17, 15) is 4.79 Å². The zero-order valence-corrected chi connectivity index (χ0v) is 15.7. The molecule has 0 atom stereocenters. The fourth-order valence-corrected chi connectivity index (χ4v) is 2.79. The Kier molecular flexibility index (Phi) is 5.81. The van der Waals surface area contributed by atoms with Crippen molar-refractivity contribution in [1.82, 2.24) is 9.78 Å². The van der Waals surface area contributed by atoms with Gasteiger partial charge in [-0.25, -0.2) is 4.68 Å². The van der Waals surface area contributed by atoms with Gasteiger partial charge in [-0.15, -0.1) is 0 Å². The van der Waals surface area contributed by atoms with Crippen LogP contribution in [-0.4, -0.2) is 23.5 Å². The van der Waals surface area contributed by atoms with Gasteiger partial charge in [-0.2, -0.15) is 0 Å². The molecule has 0 fully saturated rings. The predicted octanol–water partition coefficient (Wildman–Crippen LogP) is 2.59. The Hall–Kier alpha value is -3.21. The molecule has 5 nitrogen and oxygen atoms in total. The molecule has 0 saturated carbocycles. The molecule has 0 spiro atoms. The number of hydrogen-bond donors (Lipinski definition) is 1. The quantitative estimate of drug-likeness (QED) is 0.656. The monoisotopic (exact) mass is 364 g/mol. The lowest BCUT2D eigenvalue weighted by Crippen LogP contribution is -2.33. The van der Waals surface area contributed by atoms with Crippen LogP contribution in [0.3, 0.4) is 0 Å². The third-order valence-electron chi connectivity index (χ3n) is 4.27. The first-order chi connectivity index (χ1) is 13.1. The molecule has 0 radical (unpaired) electrons. The molecule has 0 aliphatic carbocycles. The Bertz CT molecular complexity index is 1070. The van der Waals surface area contributed by atoms with E-state index in [0.717, 1.165) is 24.1 Å². The zero-order valence-electron chi connectivity index (χ0n) is 15.7. The van der Waals surface area contributed by atoms with Crippen LogP contribution >= 0.6 is 0 Å². The molecule has 0 saturated heterocycles. The van der Waals surface area contributed by atoms with E-state index >= 15 is 0 Å². The highest BCUT2D eigenvalue weighted by atomic mass is 16.5. The number of hydrogen-bond acceptors (Lipinski definition) is 3. The molecular weight excluding hydrogens is 340 g/mol. The van der Waals surface area contributed by atoms with E-state index in [2.05, 4.69) is 18.6 Å². The number of H-pyrrole nitrogens is 1. The number of para-hydroxylation sites is 1. The molecule has 0 aliphatic rings. The van der Waals surface area contributed by atoms with Gasteiger partial charge in [0.1, 0.15) is 0 Å². The summed E-state index contributed by atoms with van der Waals surface area (Å²) >= 11 is 0. The van der Waals surface area contributed by atoms with Gasteiger partial charge in [0.05, 0.1) is 30.0 Å². The maximum atomic E-state index is 12.8. The van der Waals surface area contributed by atoms with E-state index in [-0.39, 0.29) is 5.56 Å². The van der Waals surface area contributed by atoms with Crippen LogP contribution in [-0.2, 0) is 0 Å². The first kappa shape index (κ1) is 18.6. The smallest absolute Gasteiger partial charge is 0.279 e. The number of methoxy groups -OCH3 is 1. The Balaban J connectivity index is 1.99. The predicted molar refractivity (Wildman–Crippen MR) is 108 cm³/mol. The van der Waals surface area contributed by atoms with E-state index in [4.69, 9.17) is 9.47 Å². The molecule has 3 aromatic rings. The highest BCUT2D eigenvalue weighted by molar-refractivity contribution is 5.56. The van der Waals surface area contributed by atoms with E-state index in [1.165, 1.54) is 4.68 Å². The average molecular weight is 364 g/mol. The number of rotatable bonds is 7. The van der Waals surface area contributed by atoms with E-state index in [1.807, 2.05) is 48.5 Å². The van der Waals surface area contributed by atoms with E-state index < -0.39 is 0 Å². The molecule has 27 heavy (non-hydrogen) atoms. The summed E-state index contributed by atoms with van der Waals surface area (Å²) in [7, 11) is 1.61. The van der Waals surface area contributed by atoms with Gasteiger partial charge in [0, 0.05) is 0 Å². The molecule has 0 unspecified atom stereocenters. The average Bonchev–Trinajstić information content (AvgIpc) is 2.98. The SMILES string of the molecule is C=c1[nH]n(-c2ccccc2)c(=O)c1=Cc1ccc(OCCCC)c(OC)c1. The molecule has 5 heteroatoms. The van der Waals surface area contributed by atoms with Crippen molar-refractivity contribution in [2.75, 3.05) is 13.7 Å². The van der Waals surface area contributed by atoms with Gasteiger partial charge in [-0.3, -0.25) is 9.89 Å². The normalized spacial score (nSPS) is 11.6. The molecule has 1 N–H and O–H groups in total. The molecular formula is C22H24N2O3. The van der Waals surface area contributed by atoms with Crippen molar-refractivity contribution in [3.8, 4) is 17.2 Å². The van der Waals surface area contributed by atoms with Gasteiger partial charge in [-0.05, 0) is 42.3 Å². The molecule has 0 amide bonds. The number of ether oxygens (including phenoxy) is 2. The topological polar surface area (TPSA) is 56.2 Å². The largest absolute Gasteiger partial charge is 0.493 e. The van der Waals surface area contributed by atoms with Crippen molar-refractivity contribution in [3.05, 3.63) is 75.0 Å². The van der Waals surface area contributed by atoms with Crippen LogP contribution < -0.4 is 25.6 Å². The highest BCUT2D eigenvalue weighted by Gasteiger charge is 2.07. The minimum absolute atomic E-state index is 0.145. The maximum absolute atomic E-state index is 12.8. The number of benzene rings is 2. The minimum atomic E-state index is -0.145. The molecule has 140 valence electrons.